The molecule has 7 heteroatoms. The summed E-state index contributed by atoms with van der Waals surface area (Å²) in [7, 11) is 1.34. The van der Waals surface area contributed by atoms with Crippen molar-refractivity contribution in [2.75, 3.05) is 33.3 Å². The van der Waals surface area contributed by atoms with Crippen molar-refractivity contribution < 1.29 is 24.2 Å². The molecule has 2 aliphatic rings. The van der Waals surface area contributed by atoms with Gasteiger partial charge in [0.25, 0.3) is 0 Å². The number of hydrogen-bond acceptors (Lipinski definition) is 4. The first kappa shape index (κ1) is 15.6. The lowest BCUT2D eigenvalue weighted by molar-refractivity contribution is -0.150. The fraction of sp³-hybridized carbons (Fsp3) is 0.786. The van der Waals surface area contributed by atoms with Gasteiger partial charge in [-0.2, -0.15) is 0 Å². The number of ether oxygens (including phenoxy) is 1. The van der Waals surface area contributed by atoms with Crippen LogP contribution in [0.3, 0.4) is 0 Å². The highest BCUT2D eigenvalue weighted by Gasteiger charge is 2.41. The molecule has 0 aromatic heterocycles. The van der Waals surface area contributed by atoms with Crippen LogP contribution in [-0.4, -0.2) is 66.2 Å². The highest BCUT2D eigenvalue weighted by molar-refractivity contribution is 5.80. The van der Waals surface area contributed by atoms with Crippen molar-refractivity contribution in [3.05, 3.63) is 0 Å². The molecule has 0 aromatic carbocycles. The average Bonchev–Trinajstić information content (AvgIpc) is 2.95. The molecule has 2 aliphatic heterocycles. The summed E-state index contributed by atoms with van der Waals surface area (Å²) in [5.41, 5.74) is -0.880. The second-order valence-electron chi connectivity index (χ2n) is 6.13. The van der Waals surface area contributed by atoms with Crippen LogP contribution >= 0.6 is 0 Å². The molecule has 2 heterocycles. The second kappa shape index (κ2) is 5.91. The first-order valence-electron chi connectivity index (χ1n) is 7.22. The highest BCUT2D eigenvalue weighted by Crippen LogP contribution is 2.31. The normalized spacial score (nSPS) is 29.3. The quantitative estimate of drug-likeness (QED) is 0.762. The van der Waals surface area contributed by atoms with Crippen molar-refractivity contribution in [3.8, 4) is 0 Å². The van der Waals surface area contributed by atoms with E-state index < -0.39 is 11.4 Å². The smallest absolute Gasteiger partial charge is 0.320 e. The summed E-state index contributed by atoms with van der Waals surface area (Å²) in [6.45, 7) is 3.34. The molecule has 0 aliphatic carbocycles. The Kier molecular flexibility index (Phi) is 4.39. The number of urea groups is 1. The van der Waals surface area contributed by atoms with Crippen LogP contribution in [0, 0.1) is 11.3 Å². The van der Waals surface area contributed by atoms with Gasteiger partial charge >= 0.3 is 18.0 Å². The lowest BCUT2D eigenvalue weighted by Gasteiger charge is -2.39. The molecule has 21 heavy (non-hydrogen) atoms. The van der Waals surface area contributed by atoms with E-state index in [-0.39, 0.29) is 24.5 Å². The minimum Gasteiger partial charge on any atom is -0.481 e. The van der Waals surface area contributed by atoms with Gasteiger partial charge < -0.3 is 19.6 Å². The Morgan fingerprint density at radius 1 is 1.24 bits per heavy atom. The summed E-state index contributed by atoms with van der Waals surface area (Å²) in [6.07, 6.45) is 1.86. The Hall–Kier alpha value is -1.79. The molecule has 2 saturated heterocycles. The van der Waals surface area contributed by atoms with Gasteiger partial charge in [0.2, 0.25) is 0 Å². The van der Waals surface area contributed by atoms with Crippen molar-refractivity contribution in [2.45, 2.75) is 26.2 Å². The average molecular weight is 298 g/mol. The summed E-state index contributed by atoms with van der Waals surface area (Å²) in [4.78, 5) is 38.5. The minimum absolute atomic E-state index is 0.173. The first-order valence-corrected chi connectivity index (χ1v) is 7.22. The van der Waals surface area contributed by atoms with E-state index in [0.717, 1.165) is 0 Å². The van der Waals surface area contributed by atoms with E-state index in [1.165, 1.54) is 7.11 Å². The Bertz CT molecular complexity index is 453. The molecule has 2 fully saturated rings. The number of aliphatic carboxylic acids is 1. The van der Waals surface area contributed by atoms with E-state index in [9.17, 15) is 19.5 Å². The number of nitrogens with zero attached hydrogens (tertiary/aromatic N) is 2. The molecule has 118 valence electrons. The molecule has 2 amide bonds. The van der Waals surface area contributed by atoms with Crippen molar-refractivity contribution in [3.63, 3.8) is 0 Å². The van der Waals surface area contributed by atoms with Crippen LogP contribution in [-0.2, 0) is 14.3 Å². The third kappa shape index (κ3) is 3.11. The lowest BCUT2D eigenvalue weighted by Crippen LogP contribution is -2.52. The third-order valence-corrected chi connectivity index (χ3v) is 4.48. The number of likely N-dealkylation sites (tertiary alicyclic amines) is 2. The Labute approximate surface area is 123 Å². The number of carbonyl (C=O) groups excluding carboxylic acids is 2. The zero-order valence-electron chi connectivity index (χ0n) is 12.5. The van der Waals surface area contributed by atoms with E-state index in [4.69, 9.17) is 4.74 Å². The SMILES string of the molecule is COC(=O)C1CCN(C(=O)N2CCCC(C)(C(=O)O)C2)C1. The van der Waals surface area contributed by atoms with Crippen LogP contribution in [0.4, 0.5) is 4.79 Å². The van der Waals surface area contributed by atoms with Crippen molar-refractivity contribution in [1.29, 1.82) is 0 Å². The minimum atomic E-state index is -0.880. The molecule has 0 aromatic rings. The number of hydrogen-bond donors (Lipinski definition) is 1. The van der Waals surface area contributed by atoms with Crippen molar-refractivity contribution in [2.24, 2.45) is 11.3 Å². The van der Waals surface area contributed by atoms with Crippen molar-refractivity contribution in [1.82, 2.24) is 9.80 Å². The number of rotatable bonds is 2. The zero-order chi connectivity index (χ0) is 15.6. The van der Waals surface area contributed by atoms with Gasteiger partial charge in [-0.05, 0) is 26.2 Å². The molecule has 0 radical (unpaired) electrons. The number of carbonyl (C=O) groups is 3. The van der Waals surface area contributed by atoms with Crippen molar-refractivity contribution >= 4 is 18.0 Å². The predicted octanol–water partition coefficient (Wildman–Crippen LogP) is 0.788. The molecular weight excluding hydrogens is 276 g/mol. The standard InChI is InChI=1S/C14H22N2O5/c1-14(12(18)19)5-3-6-16(9-14)13(20)15-7-4-10(8-15)11(17)21-2/h10H,3-9H2,1-2H3,(H,18,19). The monoisotopic (exact) mass is 298 g/mol. The van der Waals surface area contributed by atoms with Gasteiger partial charge in [-0.15, -0.1) is 0 Å². The molecule has 0 spiro atoms. The molecule has 7 nitrogen and oxygen atoms in total. The van der Waals surface area contributed by atoms with Crippen LogP contribution in [0.1, 0.15) is 26.2 Å². The Morgan fingerprint density at radius 3 is 2.57 bits per heavy atom. The maximum absolute atomic E-state index is 12.5. The van der Waals surface area contributed by atoms with Crippen LogP contribution in [0.25, 0.3) is 0 Å². The lowest BCUT2D eigenvalue weighted by atomic mass is 9.82. The maximum Gasteiger partial charge on any atom is 0.320 e. The van der Waals surface area contributed by atoms with Gasteiger partial charge in [0.1, 0.15) is 0 Å². The summed E-state index contributed by atoms with van der Waals surface area (Å²) >= 11 is 0. The Morgan fingerprint density at radius 2 is 1.95 bits per heavy atom. The molecule has 0 saturated carbocycles. The van der Waals surface area contributed by atoms with E-state index in [0.29, 0.717) is 38.9 Å². The summed E-state index contributed by atoms with van der Waals surface area (Å²) < 4.78 is 4.70. The summed E-state index contributed by atoms with van der Waals surface area (Å²) in [5, 5.41) is 9.30. The number of amides is 2. The van der Waals surface area contributed by atoms with E-state index >= 15 is 0 Å². The molecule has 2 atom stereocenters. The van der Waals surface area contributed by atoms with Gasteiger partial charge in [-0.25, -0.2) is 4.79 Å². The molecule has 0 bridgehead atoms. The molecule has 1 N–H and O–H groups in total. The topological polar surface area (TPSA) is 87.2 Å². The van der Waals surface area contributed by atoms with Gasteiger partial charge in [-0.3, -0.25) is 9.59 Å². The maximum atomic E-state index is 12.5. The highest BCUT2D eigenvalue weighted by atomic mass is 16.5. The van der Waals surface area contributed by atoms with Gasteiger partial charge in [0, 0.05) is 26.2 Å². The Balaban J connectivity index is 1.98. The third-order valence-electron chi connectivity index (χ3n) is 4.48. The largest absolute Gasteiger partial charge is 0.481 e. The first-order chi connectivity index (χ1) is 9.87. The fourth-order valence-corrected chi connectivity index (χ4v) is 3.07. The fourth-order valence-electron chi connectivity index (χ4n) is 3.07. The van der Waals surface area contributed by atoms with Gasteiger partial charge in [0.05, 0.1) is 18.4 Å². The summed E-state index contributed by atoms with van der Waals surface area (Å²) in [6, 6.07) is -0.173. The van der Waals surface area contributed by atoms with Crippen LogP contribution in [0.15, 0.2) is 0 Å². The number of carboxylic acids is 1. The molecular formula is C14H22N2O5. The molecule has 2 unspecified atom stereocenters. The number of esters is 1. The van der Waals surface area contributed by atoms with E-state index in [1.807, 2.05) is 0 Å². The number of piperidine rings is 1. The van der Waals surface area contributed by atoms with Gasteiger partial charge in [-0.1, -0.05) is 0 Å². The number of carboxylic acid groups (broad SMARTS) is 1. The number of methoxy groups -OCH3 is 1. The van der Waals surface area contributed by atoms with E-state index in [1.54, 1.807) is 16.7 Å². The van der Waals surface area contributed by atoms with E-state index in [2.05, 4.69) is 0 Å². The van der Waals surface area contributed by atoms with Gasteiger partial charge in [0.15, 0.2) is 0 Å². The van der Waals surface area contributed by atoms with Crippen LogP contribution in [0.5, 0.6) is 0 Å². The zero-order valence-corrected chi connectivity index (χ0v) is 12.5. The second-order valence-corrected chi connectivity index (χ2v) is 6.13. The molecule has 2 rings (SSSR count). The summed E-state index contributed by atoms with van der Waals surface area (Å²) in [5.74, 6) is -1.43. The van der Waals surface area contributed by atoms with Crippen LogP contribution < -0.4 is 0 Å². The predicted molar refractivity (Wildman–Crippen MR) is 73.6 cm³/mol. The van der Waals surface area contributed by atoms with Crippen LogP contribution in [0.2, 0.25) is 0 Å².